The minimum atomic E-state index is 0.100. The first-order valence-corrected chi connectivity index (χ1v) is 11.4. The standard InChI is InChI=1S/C22H34N6O/c23-20-5-2-9-28(20)21-7-6-17-15-25(10-8-19(17)24-21)16-22(29)27-13-11-26(12-14-27)18-3-1-4-18/h6-7,18,20H,1-5,8-16,23H2/t20-/m1/s1. The zero-order chi connectivity index (χ0) is 19.8. The summed E-state index contributed by atoms with van der Waals surface area (Å²) in [6, 6.07) is 5.09. The summed E-state index contributed by atoms with van der Waals surface area (Å²) in [7, 11) is 0. The van der Waals surface area contributed by atoms with E-state index in [0.29, 0.717) is 6.54 Å². The minimum absolute atomic E-state index is 0.100. The number of fused-ring (bicyclic) bond motifs is 1. The highest BCUT2D eigenvalue weighted by molar-refractivity contribution is 5.78. The van der Waals surface area contributed by atoms with Crippen molar-refractivity contribution >= 4 is 11.7 Å². The summed E-state index contributed by atoms with van der Waals surface area (Å²) in [5.41, 5.74) is 8.64. The lowest BCUT2D eigenvalue weighted by atomic mass is 9.91. The van der Waals surface area contributed by atoms with Crippen molar-refractivity contribution in [1.29, 1.82) is 0 Å². The van der Waals surface area contributed by atoms with Crippen LogP contribution in [-0.4, -0.2) is 83.6 Å². The van der Waals surface area contributed by atoms with Gasteiger partial charge in [-0.1, -0.05) is 12.5 Å². The molecule has 4 aliphatic rings. The number of aromatic nitrogens is 1. The highest BCUT2D eigenvalue weighted by Gasteiger charge is 2.30. The molecule has 4 heterocycles. The van der Waals surface area contributed by atoms with E-state index < -0.39 is 0 Å². The molecule has 1 aromatic rings. The highest BCUT2D eigenvalue weighted by atomic mass is 16.2. The summed E-state index contributed by atoms with van der Waals surface area (Å²) < 4.78 is 0. The molecule has 1 aliphatic carbocycles. The second-order valence-corrected chi connectivity index (χ2v) is 9.14. The highest BCUT2D eigenvalue weighted by Crippen LogP contribution is 2.27. The molecule has 1 atom stereocenters. The smallest absolute Gasteiger partial charge is 0.236 e. The van der Waals surface area contributed by atoms with Crippen molar-refractivity contribution in [2.24, 2.45) is 5.73 Å². The fraction of sp³-hybridized carbons (Fsp3) is 0.727. The van der Waals surface area contributed by atoms with Gasteiger partial charge < -0.3 is 15.5 Å². The molecule has 2 N–H and O–H groups in total. The van der Waals surface area contributed by atoms with Crippen LogP contribution < -0.4 is 10.6 Å². The molecule has 5 rings (SSSR count). The lowest BCUT2D eigenvalue weighted by Gasteiger charge is -2.43. The Hall–Kier alpha value is -1.70. The average molecular weight is 399 g/mol. The van der Waals surface area contributed by atoms with Crippen LogP contribution in [0.4, 0.5) is 5.82 Å². The number of hydrogen-bond donors (Lipinski definition) is 1. The van der Waals surface area contributed by atoms with Crippen LogP contribution in [0.5, 0.6) is 0 Å². The van der Waals surface area contributed by atoms with Crippen molar-refractivity contribution in [2.75, 3.05) is 50.7 Å². The Morgan fingerprint density at radius 1 is 1.03 bits per heavy atom. The zero-order valence-electron chi connectivity index (χ0n) is 17.4. The van der Waals surface area contributed by atoms with E-state index in [-0.39, 0.29) is 12.1 Å². The molecule has 0 aromatic carbocycles. The van der Waals surface area contributed by atoms with Gasteiger partial charge in [0, 0.05) is 64.0 Å². The Morgan fingerprint density at radius 2 is 1.86 bits per heavy atom. The van der Waals surface area contributed by atoms with Crippen molar-refractivity contribution in [3.8, 4) is 0 Å². The van der Waals surface area contributed by atoms with Gasteiger partial charge >= 0.3 is 0 Å². The van der Waals surface area contributed by atoms with Gasteiger partial charge in [-0.15, -0.1) is 0 Å². The third kappa shape index (κ3) is 4.00. The van der Waals surface area contributed by atoms with Gasteiger partial charge in [-0.3, -0.25) is 14.6 Å². The van der Waals surface area contributed by atoms with Crippen LogP contribution in [0, 0.1) is 0 Å². The molecule has 0 spiro atoms. The Kier molecular flexibility index (Phi) is 5.45. The van der Waals surface area contributed by atoms with Crippen LogP contribution in [0.15, 0.2) is 12.1 Å². The molecule has 0 radical (unpaired) electrons. The molecule has 7 heteroatoms. The van der Waals surface area contributed by atoms with Gasteiger partial charge in [-0.25, -0.2) is 4.98 Å². The molecule has 1 aromatic heterocycles. The van der Waals surface area contributed by atoms with Crippen LogP contribution in [-0.2, 0) is 17.8 Å². The topological polar surface area (TPSA) is 68.9 Å². The molecule has 1 saturated carbocycles. The number of hydrogen-bond acceptors (Lipinski definition) is 6. The summed E-state index contributed by atoms with van der Waals surface area (Å²) >= 11 is 0. The van der Waals surface area contributed by atoms with Crippen molar-refractivity contribution in [1.82, 2.24) is 19.7 Å². The average Bonchev–Trinajstić information content (AvgIpc) is 3.13. The van der Waals surface area contributed by atoms with Gasteiger partial charge in [0.25, 0.3) is 0 Å². The third-order valence-electron chi connectivity index (χ3n) is 7.32. The van der Waals surface area contributed by atoms with E-state index in [0.717, 1.165) is 76.9 Å². The largest absolute Gasteiger partial charge is 0.341 e. The first-order valence-electron chi connectivity index (χ1n) is 11.4. The molecule has 29 heavy (non-hydrogen) atoms. The van der Waals surface area contributed by atoms with Gasteiger partial charge in [0.1, 0.15) is 5.82 Å². The molecular formula is C22H34N6O. The number of anilines is 1. The maximum absolute atomic E-state index is 12.8. The summed E-state index contributed by atoms with van der Waals surface area (Å²) in [6.07, 6.45) is 7.27. The van der Waals surface area contributed by atoms with E-state index in [4.69, 9.17) is 10.7 Å². The lowest BCUT2D eigenvalue weighted by molar-refractivity contribution is -0.135. The summed E-state index contributed by atoms with van der Waals surface area (Å²) in [5.74, 6) is 1.30. The van der Waals surface area contributed by atoms with Gasteiger partial charge in [-0.05, 0) is 37.3 Å². The first kappa shape index (κ1) is 19.3. The zero-order valence-corrected chi connectivity index (χ0v) is 17.4. The summed E-state index contributed by atoms with van der Waals surface area (Å²) in [5, 5.41) is 0. The molecule has 1 amide bonds. The number of piperazine rings is 1. The number of nitrogens with zero attached hydrogens (tertiary/aromatic N) is 5. The van der Waals surface area contributed by atoms with Crippen molar-refractivity contribution in [2.45, 2.75) is 57.3 Å². The van der Waals surface area contributed by atoms with Crippen molar-refractivity contribution < 1.29 is 4.79 Å². The number of carbonyl (C=O) groups excluding carboxylic acids is 1. The lowest BCUT2D eigenvalue weighted by Crippen LogP contribution is -2.55. The Bertz CT molecular complexity index is 743. The van der Waals surface area contributed by atoms with Crippen molar-refractivity contribution in [3.05, 3.63) is 23.4 Å². The van der Waals surface area contributed by atoms with Crippen molar-refractivity contribution in [3.63, 3.8) is 0 Å². The molecule has 0 unspecified atom stereocenters. The SMILES string of the molecule is N[C@H]1CCCN1c1ccc2c(n1)CCN(CC(=O)N1CCN(C3CCC3)CC1)C2. The Labute approximate surface area is 173 Å². The van der Waals surface area contributed by atoms with Gasteiger partial charge in [0.05, 0.1) is 12.7 Å². The normalized spacial score (nSPS) is 26.4. The first-order chi connectivity index (χ1) is 14.2. The molecule has 7 nitrogen and oxygen atoms in total. The van der Waals surface area contributed by atoms with Crippen LogP contribution in [0.3, 0.4) is 0 Å². The number of pyridine rings is 1. The fourth-order valence-electron chi connectivity index (χ4n) is 5.21. The van der Waals surface area contributed by atoms with E-state index in [1.807, 2.05) is 0 Å². The van der Waals surface area contributed by atoms with Crippen LogP contribution in [0.1, 0.15) is 43.4 Å². The van der Waals surface area contributed by atoms with Gasteiger partial charge in [0.2, 0.25) is 5.91 Å². The number of amides is 1. The third-order valence-corrected chi connectivity index (χ3v) is 7.32. The second-order valence-electron chi connectivity index (χ2n) is 9.14. The summed E-state index contributed by atoms with van der Waals surface area (Å²) in [6.45, 7) is 7.13. The molecule has 158 valence electrons. The van der Waals surface area contributed by atoms with Gasteiger partial charge in [0.15, 0.2) is 0 Å². The van der Waals surface area contributed by atoms with Crippen LogP contribution in [0.2, 0.25) is 0 Å². The summed E-state index contributed by atoms with van der Waals surface area (Å²) in [4.78, 5) is 26.9. The van der Waals surface area contributed by atoms with E-state index >= 15 is 0 Å². The predicted molar refractivity (Wildman–Crippen MR) is 114 cm³/mol. The minimum Gasteiger partial charge on any atom is -0.341 e. The fourth-order valence-corrected chi connectivity index (χ4v) is 5.21. The van der Waals surface area contributed by atoms with E-state index in [1.165, 1.54) is 30.5 Å². The van der Waals surface area contributed by atoms with E-state index in [9.17, 15) is 4.79 Å². The van der Waals surface area contributed by atoms with Gasteiger partial charge in [-0.2, -0.15) is 0 Å². The van der Waals surface area contributed by atoms with Crippen LogP contribution in [0.25, 0.3) is 0 Å². The molecular weight excluding hydrogens is 364 g/mol. The molecule has 3 fully saturated rings. The molecule has 3 aliphatic heterocycles. The number of carbonyl (C=O) groups is 1. The quantitative estimate of drug-likeness (QED) is 0.817. The van der Waals surface area contributed by atoms with E-state index in [1.54, 1.807) is 0 Å². The Balaban J connectivity index is 1.14. The van der Waals surface area contributed by atoms with Crippen LogP contribution >= 0.6 is 0 Å². The monoisotopic (exact) mass is 398 g/mol. The predicted octanol–water partition coefficient (Wildman–Crippen LogP) is 1.02. The Morgan fingerprint density at radius 3 is 2.55 bits per heavy atom. The second kappa shape index (κ2) is 8.20. The number of rotatable bonds is 4. The maximum atomic E-state index is 12.8. The molecule has 2 saturated heterocycles. The maximum Gasteiger partial charge on any atom is 0.236 e. The molecule has 0 bridgehead atoms. The number of nitrogens with two attached hydrogens (primary N) is 1. The van der Waals surface area contributed by atoms with E-state index in [2.05, 4.69) is 31.7 Å².